The number of rotatable bonds is 3. The molecular weight excluding hydrogens is 264 g/mol. The van der Waals surface area contributed by atoms with Crippen molar-refractivity contribution in [1.29, 1.82) is 0 Å². The van der Waals surface area contributed by atoms with E-state index in [2.05, 4.69) is 16.5 Å². The maximum Gasteiger partial charge on any atom is 0.227 e. The second-order valence-corrected chi connectivity index (χ2v) is 5.12. The number of anilines is 2. The molecule has 1 amide bonds. The van der Waals surface area contributed by atoms with E-state index in [1.54, 1.807) is 6.07 Å². The first-order valence-corrected chi connectivity index (χ1v) is 7.09. The number of hydrazine groups is 1. The van der Waals surface area contributed by atoms with Crippen molar-refractivity contribution in [2.45, 2.75) is 25.8 Å². The van der Waals surface area contributed by atoms with Gasteiger partial charge >= 0.3 is 0 Å². The molecular formula is C16H18N4O. The van der Waals surface area contributed by atoms with Gasteiger partial charge in [-0.3, -0.25) is 4.79 Å². The van der Waals surface area contributed by atoms with Crippen LogP contribution in [0, 0.1) is 0 Å². The Balaban J connectivity index is 1.93. The number of aryl methyl sites for hydroxylation is 1. The summed E-state index contributed by atoms with van der Waals surface area (Å²) in [5.74, 6) is 6.13. The zero-order chi connectivity index (χ0) is 14.7. The van der Waals surface area contributed by atoms with Gasteiger partial charge in [-0.2, -0.15) is 0 Å². The van der Waals surface area contributed by atoms with Gasteiger partial charge in [0.15, 0.2) is 0 Å². The maximum absolute atomic E-state index is 12.4. The van der Waals surface area contributed by atoms with Gasteiger partial charge in [0, 0.05) is 12.1 Å². The average molecular weight is 282 g/mol. The van der Waals surface area contributed by atoms with Crippen molar-refractivity contribution >= 4 is 17.4 Å². The molecule has 108 valence electrons. The first-order valence-electron chi connectivity index (χ1n) is 7.09. The third kappa shape index (κ3) is 2.87. The van der Waals surface area contributed by atoms with Gasteiger partial charge in [-0.15, -0.1) is 0 Å². The number of carbonyl (C=O) groups excluding carboxylic acids is 1. The Bertz CT molecular complexity index is 656. The van der Waals surface area contributed by atoms with E-state index in [4.69, 9.17) is 5.84 Å². The van der Waals surface area contributed by atoms with E-state index in [0.717, 1.165) is 24.2 Å². The van der Waals surface area contributed by atoms with E-state index in [9.17, 15) is 4.79 Å². The Morgan fingerprint density at radius 3 is 2.86 bits per heavy atom. The fourth-order valence-corrected chi connectivity index (χ4v) is 2.67. The molecule has 5 nitrogen and oxygen atoms in total. The molecule has 3 rings (SSSR count). The molecule has 0 atom stereocenters. The lowest BCUT2D eigenvalue weighted by atomic mass is 10.1. The number of nitrogen functional groups attached to an aromatic ring is 1. The predicted molar refractivity (Wildman–Crippen MR) is 82.6 cm³/mol. The number of hydrogen-bond acceptors (Lipinski definition) is 4. The largest absolute Gasteiger partial charge is 0.308 e. The van der Waals surface area contributed by atoms with Crippen LogP contribution in [0.5, 0.6) is 0 Å². The summed E-state index contributed by atoms with van der Waals surface area (Å²) in [7, 11) is 0. The molecule has 2 aromatic rings. The molecule has 1 aliphatic heterocycles. The quantitative estimate of drug-likeness (QED) is 0.669. The van der Waals surface area contributed by atoms with Gasteiger partial charge in [0.1, 0.15) is 5.82 Å². The first-order chi connectivity index (χ1) is 10.3. The highest BCUT2D eigenvalue weighted by molar-refractivity contribution is 5.94. The summed E-state index contributed by atoms with van der Waals surface area (Å²) in [5.41, 5.74) is 5.56. The second kappa shape index (κ2) is 5.93. The summed E-state index contributed by atoms with van der Waals surface area (Å²) in [6.07, 6.45) is 2.41. The van der Waals surface area contributed by atoms with Crippen LogP contribution in [0.25, 0.3) is 0 Å². The van der Waals surface area contributed by atoms with Crippen LogP contribution < -0.4 is 16.2 Å². The SMILES string of the molecule is NNc1cccc(CN2C(=O)CCCc3ccccc32)n1. The van der Waals surface area contributed by atoms with Crippen molar-refractivity contribution < 1.29 is 4.79 Å². The summed E-state index contributed by atoms with van der Waals surface area (Å²) in [4.78, 5) is 18.6. The highest BCUT2D eigenvalue weighted by atomic mass is 16.2. The third-order valence-corrected chi connectivity index (χ3v) is 3.69. The van der Waals surface area contributed by atoms with Crippen LogP contribution in [-0.2, 0) is 17.8 Å². The Labute approximate surface area is 123 Å². The topological polar surface area (TPSA) is 71.2 Å². The van der Waals surface area contributed by atoms with Crippen molar-refractivity contribution in [3.05, 3.63) is 53.7 Å². The van der Waals surface area contributed by atoms with Crippen molar-refractivity contribution in [2.24, 2.45) is 5.84 Å². The maximum atomic E-state index is 12.4. The number of nitrogens with zero attached hydrogens (tertiary/aromatic N) is 2. The molecule has 1 aromatic carbocycles. The van der Waals surface area contributed by atoms with Crippen LogP contribution in [0.4, 0.5) is 11.5 Å². The number of aromatic nitrogens is 1. The van der Waals surface area contributed by atoms with Crippen LogP contribution in [0.2, 0.25) is 0 Å². The Morgan fingerprint density at radius 2 is 2.00 bits per heavy atom. The Hall–Kier alpha value is -2.40. The fraction of sp³-hybridized carbons (Fsp3) is 0.250. The number of pyridine rings is 1. The van der Waals surface area contributed by atoms with Crippen LogP contribution in [0.3, 0.4) is 0 Å². The molecule has 0 aliphatic carbocycles. The molecule has 0 unspecified atom stereocenters. The highest BCUT2D eigenvalue weighted by Crippen LogP contribution is 2.28. The summed E-state index contributed by atoms with van der Waals surface area (Å²) in [6, 6.07) is 13.7. The zero-order valence-electron chi connectivity index (χ0n) is 11.7. The lowest BCUT2D eigenvalue weighted by Crippen LogP contribution is -2.30. The van der Waals surface area contributed by atoms with E-state index in [-0.39, 0.29) is 5.91 Å². The van der Waals surface area contributed by atoms with Crippen LogP contribution in [0.1, 0.15) is 24.1 Å². The molecule has 1 aliphatic rings. The van der Waals surface area contributed by atoms with Crippen molar-refractivity contribution in [3.63, 3.8) is 0 Å². The number of amides is 1. The van der Waals surface area contributed by atoms with Crippen LogP contribution >= 0.6 is 0 Å². The number of benzene rings is 1. The van der Waals surface area contributed by atoms with E-state index in [1.807, 2.05) is 35.2 Å². The summed E-state index contributed by atoms with van der Waals surface area (Å²) >= 11 is 0. The molecule has 2 heterocycles. The second-order valence-electron chi connectivity index (χ2n) is 5.12. The monoisotopic (exact) mass is 282 g/mol. The molecule has 0 saturated carbocycles. The van der Waals surface area contributed by atoms with Gasteiger partial charge in [0.05, 0.1) is 12.2 Å². The molecule has 0 spiro atoms. The van der Waals surface area contributed by atoms with Crippen molar-refractivity contribution in [1.82, 2.24) is 4.98 Å². The normalized spacial score (nSPS) is 14.5. The van der Waals surface area contributed by atoms with Gasteiger partial charge in [-0.05, 0) is 36.6 Å². The molecule has 1 aromatic heterocycles. The average Bonchev–Trinajstić information content (AvgIpc) is 2.68. The number of para-hydroxylation sites is 1. The van der Waals surface area contributed by atoms with E-state index >= 15 is 0 Å². The van der Waals surface area contributed by atoms with E-state index < -0.39 is 0 Å². The van der Waals surface area contributed by atoms with Gasteiger partial charge in [0.2, 0.25) is 5.91 Å². The minimum atomic E-state index is 0.146. The number of nitrogens with two attached hydrogens (primary N) is 1. The summed E-state index contributed by atoms with van der Waals surface area (Å²) in [6.45, 7) is 0.464. The number of hydrogen-bond donors (Lipinski definition) is 2. The molecule has 0 saturated heterocycles. The zero-order valence-corrected chi connectivity index (χ0v) is 11.7. The van der Waals surface area contributed by atoms with Crippen molar-refractivity contribution in [3.8, 4) is 0 Å². The molecule has 5 heteroatoms. The van der Waals surface area contributed by atoms with Gasteiger partial charge in [0.25, 0.3) is 0 Å². The minimum absolute atomic E-state index is 0.146. The fourth-order valence-electron chi connectivity index (χ4n) is 2.67. The summed E-state index contributed by atoms with van der Waals surface area (Å²) in [5, 5.41) is 0. The lowest BCUT2D eigenvalue weighted by Gasteiger charge is -2.22. The van der Waals surface area contributed by atoms with E-state index in [0.29, 0.717) is 18.8 Å². The van der Waals surface area contributed by atoms with Crippen molar-refractivity contribution in [2.75, 3.05) is 10.3 Å². The molecule has 0 radical (unpaired) electrons. The Kier molecular flexibility index (Phi) is 3.83. The number of nitrogens with one attached hydrogen (secondary N) is 1. The Morgan fingerprint density at radius 1 is 1.14 bits per heavy atom. The number of fused-ring (bicyclic) bond motifs is 1. The van der Waals surface area contributed by atoms with Gasteiger partial charge < -0.3 is 10.3 Å². The molecule has 21 heavy (non-hydrogen) atoms. The molecule has 3 N–H and O–H groups in total. The molecule has 0 bridgehead atoms. The summed E-state index contributed by atoms with van der Waals surface area (Å²) < 4.78 is 0. The first kappa shape index (κ1) is 13.6. The van der Waals surface area contributed by atoms with Gasteiger partial charge in [-0.25, -0.2) is 10.8 Å². The predicted octanol–water partition coefficient (Wildman–Crippen LogP) is 2.24. The van der Waals surface area contributed by atoms with Gasteiger partial charge in [-0.1, -0.05) is 24.3 Å². The van der Waals surface area contributed by atoms with E-state index in [1.165, 1.54) is 5.56 Å². The minimum Gasteiger partial charge on any atom is -0.308 e. The van der Waals surface area contributed by atoms with Crippen LogP contribution in [-0.4, -0.2) is 10.9 Å². The smallest absolute Gasteiger partial charge is 0.227 e. The highest BCUT2D eigenvalue weighted by Gasteiger charge is 2.22. The standard InChI is InChI=1S/C16H18N4O/c17-19-15-9-4-7-13(18-15)11-20-14-8-2-1-5-12(14)6-3-10-16(20)21/h1-2,4-5,7-9H,3,6,10-11,17H2,(H,18,19). The lowest BCUT2D eigenvalue weighted by molar-refractivity contribution is -0.118. The van der Waals surface area contributed by atoms with Crippen LogP contribution in [0.15, 0.2) is 42.5 Å². The third-order valence-electron chi connectivity index (χ3n) is 3.69. The molecule has 0 fully saturated rings. The number of carbonyl (C=O) groups is 1.